The maximum Gasteiger partial charge on any atom is 0.122 e. The summed E-state index contributed by atoms with van der Waals surface area (Å²) in [5.41, 5.74) is 2.78. The SMILES string of the molecule is CCOc1ccc(Br)c2c1CCC(C)CC2NC. The van der Waals surface area contributed by atoms with Crippen LogP contribution >= 0.6 is 15.9 Å². The molecule has 1 aromatic carbocycles. The molecule has 18 heavy (non-hydrogen) atoms. The molecule has 0 spiro atoms. The molecule has 2 unspecified atom stereocenters. The molecular weight excluding hydrogens is 290 g/mol. The molecule has 2 rings (SSSR count). The summed E-state index contributed by atoms with van der Waals surface area (Å²) >= 11 is 3.71. The van der Waals surface area contributed by atoms with Crippen LogP contribution in [-0.4, -0.2) is 13.7 Å². The summed E-state index contributed by atoms with van der Waals surface area (Å²) in [6.45, 7) is 5.11. The number of fused-ring (bicyclic) bond motifs is 1. The van der Waals surface area contributed by atoms with E-state index in [9.17, 15) is 0 Å². The number of rotatable bonds is 3. The highest BCUT2D eigenvalue weighted by molar-refractivity contribution is 9.10. The first-order chi connectivity index (χ1) is 8.67. The quantitative estimate of drug-likeness (QED) is 0.849. The van der Waals surface area contributed by atoms with Crippen LogP contribution in [0.2, 0.25) is 0 Å². The van der Waals surface area contributed by atoms with Crippen LogP contribution in [0, 0.1) is 5.92 Å². The molecule has 0 aromatic heterocycles. The van der Waals surface area contributed by atoms with E-state index in [1.807, 2.05) is 14.0 Å². The van der Waals surface area contributed by atoms with Gasteiger partial charge in [0.15, 0.2) is 0 Å². The Morgan fingerprint density at radius 2 is 2.22 bits per heavy atom. The molecular formula is C15H22BrNO. The van der Waals surface area contributed by atoms with Crippen LogP contribution in [0.1, 0.15) is 43.9 Å². The molecule has 100 valence electrons. The summed E-state index contributed by atoms with van der Waals surface area (Å²) in [5.74, 6) is 1.81. The number of nitrogens with one attached hydrogen (secondary N) is 1. The standard InChI is InChI=1S/C15H22BrNO/c1-4-18-14-8-7-12(16)15-11(14)6-5-10(2)9-13(15)17-3/h7-8,10,13,17H,4-6,9H2,1-3H3. The Bertz CT molecular complexity index is 419. The smallest absolute Gasteiger partial charge is 0.122 e. The lowest BCUT2D eigenvalue weighted by atomic mass is 9.97. The van der Waals surface area contributed by atoms with E-state index in [0.717, 1.165) is 24.7 Å². The maximum absolute atomic E-state index is 5.79. The molecule has 0 amide bonds. The molecule has 1 aliphatic carbocycles. The van der Waals surface area contributed by atoms with Crippen molar-refractivity contribution in [1.82, 2.24) is 5.32 Å². The molecule has 1 aromatic rings. The van der Waals surface area contributed by atoms with Crippen molar-refractivity contribution in [2.45, 2.75) is 39.2 Å². The Hall–Kier alpha value is -0.540. The first kappa shape index (κ1) is 13.9. The molecule has 3 heteroatoms. The van der Waals surface area contributed by atoms with Crippen LogP contribution < -0.4 is 10.1 Å². The van der Waals surface area contributed by atoms with Gasteiger partial charge in [0, 0.05) is 16.1 Å². The number of benzene rings is 1. The zero-order valence-corrected chi connectivity index (χ0v) is 13.0. The molecule has 0 fully saturated rings. The normalized spacial score (nSPS) is 23.3. The summed E-state index contributed by atoms with van der Waals surface area (Å²) in [6, 6.07) is 4.63. The Morgan fingerprint density at radius 1 is 1.44 bits per heavy atom. The van der Waals surface area contributed by atoms with Gasteiger partial charge in [0.25, 0.3) is 0 Å². The largest absolute Gasteiger partial charge is 0.494 e. The highest BCUT2D eigenvalue weighted by Crippen LogP contribution is 2.40. The average Bonchev–Trinajstić information content (AvgIpc) is 2.53. The van der Waals surface area contributed by atoms with E-state index in [0.29, 0.717) is 6.04 Å². The lowest BCUT2D eigenvalue weighted by Crippen LogP contribution is -2.19. The van der Waals surface area contributed by atoms with Crippen LogP contribution in [0.25, 0.3) is 0 Å². The molecule has 2 atom stereocenters. The van der Waals surface area contributed by atoms with Gasteiger partial charge in [-0.05, 0) is 56.8 Å². The van der Waals surface area contributed by atoms with Gasteiger partial charge in [-0.1, -0.05) is 22.9 Å². The molecule has 0 bridgehead atoms. The first-order valence-electron chi connectivity index (χ1n) is 6.78. The van der Waals surface area contributed by atoms with Crippen molar-refractivity contribution < 1.29 is 4.74 Å². The Morgan fingerprint density at radius 3 is 2.89 bits per heavy atom. The van der Waals surface area contributed by atoms with E-state index in [1.165, 1.54) is 28.4 Å². The van der Waals surface area contributed by atoms with Crippen LogP contribution in [0.5, 0.6) is 5.75 Å². The third kappa shape index (κ3) is 2.72. The summed E-state index contributed by atoms with van der Waals surface area (Å²) in [6.07, 6.45) is 3.54. The third-order valence-electron chi connectivity index (χ3n) is 3.78. The minimum absolute atomic E-state index is 0.423. The predicted octanol–water partition coefficient (Wildman–Crippen LogP) is 4.08. The molecule has 1 aliphatic rings. The summed E-state index contributed by atoms with van der Waals surface area (Å²) in [5, 5.41) is 3.46. The van der Waals surface area contributed by atoms with Gasteiger partial charge in [0.05, 0.1) is 6.61 Å². The van der Waals surface area contributed by atoms with Gasteiger partial charge in [-0.2, -0.15) is 0 Å². The van der Waals surface area contributed by atoms with Crippen molar-refractivity contribution in [2.24, 2.45) is 5.92 Å². The van der Waals surface area contributed by atoms with Crippen LogP contribution in [0.4, 0.5) is 0 Å². The fraction of sp³-hybridized carbons (Fsp3) is 0.600. The second-order valence-corrected chi connectivity index (χ2v) is 5.95. The minimum atomic E-state index is 0.423. The van der Waals surface area contributed by atoms with Crippen LogP contribution in [0.3, 0.4) is 0 Å². The molecule has 1 N–H and O–H groups in total. The molecule has 0 aliphatic heterocycles. The summed E-state index contributed by atoms with van der Waals surface area (Å²) in [4.78, 5) is 0. The molecule has 0 saturated heterocycles. The van der Waals surface area contributed by atoms with Crippen molar-refractivity contribution in [1.29, 1.82) is 0 Å². The zero-order chi connectivity index (χ0) is 13.1. The number of hydrogen-bond donors (Lipinski definition) is 1. The number of halogens is 1. The Balaban J connectivity index is 2.49. The van der Waals surface area contributed by atoms with Gasteiger partial charge >= 0.3 is 0 Å². The highest BCUT2D eigenvalue weighted by atomic mass is 79.9. The molecule has 0 radical (unpaired) electrons. The van der Waals surface area contributed by atoms with Crippen LogP contribution in [0.15, 0.2) is 16.6 Å². The third-order valence-corrected chi connectivity index (χ3v) is 4.47. The Labute approximate surface area is 118 Å². The van der Waals surface area contributed by atoms with Gasteiger partial charge < -0.3 is 10.1 Å². The monoisotopic (exact) mass is 311 g/mol. The molecule has 0 saturated carbocycles. The van der Waals surface area contributed by atoms with E-state index in [4.69, 9.17) is 4.74 Å². The molecule has 2 nitrogen and oxygen atoms in total. The van der Waals surface area contributed by atoms with Gasteiger partial charge in [0.2, 0.25) is 0 Å². The molecule has 0 heterocycles. The predicted molar refractivity (Wildman–Crippen MR) is 79.2 cm³/mol. The van der Waals surface area contributed by atoms with E-state index in [1.54, 1.807) is 0 Å². The lowest BCUT2D eigenvalue weighted by Gasteiger charge is -2.21. The number of hydrogen-bond acceptors (Lipinski definition) is 2. The van der Waals surface area contributed by atoms with E-state index >= 15 is 0 Å². The topological polar surface area (TPSA) is 21.3 Å². The highest BCUT2D eigenvalue weighted by Gasteiger charge is 2.25. The van der Waals surface area contributed by atoms with Crippen molar-refractivity contribution in [3.63, 3.8) is 0 Å². The van der Waals surface area contributed by atoms with E-state index in [-0.39, 0.29) is 0 Å². The van der Waals surface area contributed by atoms with Crippen molar-refractivity contribution in [3.05, 3.63) is 27.7 Å². The van der Waals surface area contributed by atoms with Crippen molar-refractivity contribution in [2.75, 3.05) is 13.7 Å². The van der Waals surface area contributed by atoms with Crippen LogP contribution in [-0.2, 0) is 6.42 Å². The first-order valence-corrected chi connectivity index (χ1v) is 7.58. The lowest BCUT2D eigenvalue weighted by molar-refractivity contribution is 0.335. The zero-order valence-electron chi connectivity index (χ0n) is 11.4. The van der Waals surface area contributed by atoms with Gasteiger partial charge in [-0.3, -0.25) is 0 Å². The fourth-order valence-electron chi connectivity index (χ4n) is 2.83. The van der Waals surface area contributed by atoms with Crippen molar-refractivity contribution in [3.8, 4) is 5.75 Å². The summed E-state index contributed by atoms with van der Waals surface area (Å²) in [7, 11) is 2.05. The van der Waals surface area contributed by atoms with Gasteiger partial charge in [-0.25, -0.2) is 0 Å². The average molecular weight is 312 g/mol. The second kappa shape index (κ2) is 6.07. The maximum atomic E-state index is 5.79. The fourth-order valence-corrected chi connectivity index (χ4v) is 3.48. The van der Waals surface area contributed by atoms with E-state index < -0.39 is 0 Å². The van der Waals surface area contributed by atoms with E-state index in [2.05, 4.69) is 40.3 Å². The number of ether oxygens (including phenoxy) is 1. The summed E-state index contributed by atoms with van der Waals surface area (Å²) < 4.78 is 7.00. The minimum Gasteiger partial charge on any atom is -0.494 e. The second-order valence-electron chi connectivity index (χ2n) is 5.09. The Kier molecular flexibility index (Phi) is 4.68. The van der Waals surface area contributed by atoms with Gasteiger partial charge in [0.1, 0.15) is 5.75 Å². The van der Waals surface area contributed by atoms with Gasteiger partial charge in [-0.15, -0.1) is 0 Å². The van der Waals surface area contributed by atoms with Crippen molar-refractivity contribution >= 4 is 15.9 Å².